The molecule has 1 fully saturated rings. The number of fused-ring (bicyclic) bond motifs is 6. The fraction of sp³-hybridized carbons (Fsp3) is 0.455. The third-order valence-corrected chi connectivity index (χ3v) is 6.49. The van der Waals surface area contributed by atoms with Crippen LogP contribution in [0.1, 0.15) is 48.1 Å². The summed E-state index contributed by atoms with van der Waals surface area (Å²) in [5.74, 6) is -0.484. The molecule has 4 rings (SSSR count). The number of benzene rings is 1. The fourth-order valence-corrected chi connectivity index (χ4v) is 4.96. The third-order valence-electron chi connectivity index (χ3n) is 5.87. The van der Waals surface area contributed by atoms with E-state index in [1.54, 1.807) is 7.11 Å². The van der Waals surface area contributed by atoms with E-state index in [1.165, 1.54) is 12.3 Å². The molecule has 1 aromatic carbocycles. The van der Waals surface area contributed by atoms with Gasteiger partial charge >= 0.3 is 5.97 Å². The molecule has 0 amide bonds. The van der Waals surface area contributed by atoms with Crippen molar-refractivity contribution in [1.82, 2.24) is 4.57 Å². The van der Waals surface area contributed by atoms with Gasteiger partial charge in [0.15, 0.2) is 5.43 Å². The largest absolute Gasteiger partial charge is 0.492 e. The van der Waals surface area contributed by atoms with E-state index in [4.69, 9.17) is 14.2 Å². The summed E-state index contributed by atoms with van der Waals surface area (Å²) >= 11 is 3.58. The monoisotopic (exact) mass is 477 g/mol. The summed E-state index contributed by atoms with van der Waals surface area (Å²) in [6.45, 7) is 5.64. The van der Waals surface area contributed by atoms with Crippen molar-refractivity contribution in [2.75, 3.05) is 26.9 Å². The molecule has 2 atom stereocenters. The van der Waals surface area contributed by atoms with Gasteiger partial charge in [-0.3, -0.25) is 4.79 Å². The molecule has 3 heterocycles. The van der Waals surface area contributed by atoms with Crippen LogP contribution in [0.4, 0.5) is 0 Å². The summed E-state index contributed by atoms with van der Waals surface area (Å²) in [4.78, 5) is 24.1. The first-order valence-electron chi connectivity index (χ1n) is 9.83. The lowest BCUT2D eigenvalue weighted by Gasteiger charge is -2.38. The first-order valence-corrected chi connectivity index (χ1v) is 10.6. The Labute approximate surface area is 182 Å². The van der Waals surface area contributed by atoms with E-state index in [2.05, 4.69) is 15.9 Å². The summed E-state index contributed by atoms with van der Waals surface area (Å²) in [6, 6.07) is 5.22. The molecule has 0 spiro atoms. The lowest BCUT2D eigenvalue weighted by Crippen LogP contribution is -2.36. The number of carboxylic acid groups (broad SMARTS) is 1. The second-order valence-electron chi connectivity index (χ2n) is 8.18. The zero-order valence-corrected chi connectivity index (χ0v) is 18.7. The maximum atomic E-state index is 12.5. The van der Waals surface area contributed by atoms with Crippen LogP contribution in [0.25, 0.3) is 11.3 Å². The van der Waals surface area contributed by atoms with Gasteiger partial charge in [-0.25, -0.2) is 4.79 Å². The van der Waals surface area contributed by atoms with Gasteiger partial charge in [0.2, 0.25) is 0 Å². The fourth-order valence-electron chi connectivity index (χ4n) is 4.50. The minimum Gasteiger partial charge on any atom is -0.492 e. The lowest BCUT2D eigenvalue weighted by atomic mass is 9.79. The molecule has 0 radical (unpaired) electrons. The van der Waals surface area contributed by atoms with Crippen molar-refractivity contribution in [3.63, 3.8) is 0 Å². The minimum atomic E-state index is -1.23. The molecule has 160 valence electrons. The Bertz CT molecular complexity index is 1060. The number of hydrogen-bond donors (Lipinski definition) is 1. The summed E-state index contributed by atoms with van der Waals surface area (Å²) in [5, 5.41) is 9.46. The highest BCUT2D eigenvalue weighted by Crippen LogP contribution is 2.53. The lowest BCUT2D eigenvalue weighted by molar-refractivity contribution is 0.0145. The van der Waals surface area contributed by atoms with Crippen LogP contribution in [0.3, 0.4) is 0 Å². The average Bonchev–Trinajstić information content (AvgIpc) is 3.01. The van der Waals surface area contributed by atoms with Crippen LogP contribution in [0, 0.1) is 0 Å². The van der Waals surface area contributed by atoms with Crippen LogP contribution in [-0.2, 0) is 9.47 Å². The number of carbonyl (C=O) groups is 1. The molecule has 0 aliphatic carbocycles. The Hall–Kier alpha value is -2.16. The highest BCUT2D eigenvalue weighted by atomic mass is 79.9. The number of ether oxygens (including phenoxy) is 3. The van der Waals surface area contributed by atoms with Gasteiger partial charge in [-0.15, -0.1) is 0 Å². The topological polar surface area (TPSA) is 87.0 Å². The van der Waals surface area contributed by atoms with Crippen LogP contribution >= 0.6 is 15.9 Å². The number of rotatable bonds is 6. The van der Waals surface area contributed by atoms with E-state index in [0.717, 1.165) is 27.8 Å². The predicted molar refractivity (Wildman–Crippen MR) is 115 cm³/mol. The van der Waals surface area contributed by atoms with Gasteiger partial charge in [0.1, 0.15) is 11.3 Å². The van der Waals surface area contributed by atoms with E-state index >= 15 is 0 Å². The van der Waals surface area contributed by atoms with E-state index < -0.39 is 17.0 Å². The zero-order chi connectivity index (χ0) is 21.6. The maximum Gasteiger partial charge on any atom is 0.341 e. The summed E-state index contributed by atoms with van der Waals surface area (Å²) in [5.41, 5.74) is 1.34. The summed E-state index contributed by atoms with van der Waals surface area (Å²) in [6.07, 6.45) is 2.23. The number of hydrogen-bond acceptors (Lipinski definition) is 5. The van der Waals surface area contributed by atoms with Gasteiger partial charge in [-0.1, -0.05) is 0 Å². The van der Waals surface area contributed by atoms with Gasteiger partial charge in [0.05, 0.1) is 35.0 Å². The normalized spacial score (nSPS) is 20.9. The number of halogens is 1. The number of pyridine rings is 1. The Morgan fingerprint density at radius 2 is 2.10 bits per heavy atom. The Balaban J connectivity index is 1.86. The van der Waals surface area contributed by atoms with Crippen molar-refractivity contribution in [2.24, 2.45) is 0 Å². The molecular weight excluding hydrogens is 454 g/mol. The molecule has 2 aromatic rings. The molecule has 2 aliphatic heterocycles. The SMILES string of the molecule is COCCCOc1cc2c(cc1Br)-c1cc(=O)c(C(=O)O)cn1[C@H]1[C@@H]2COC1(C)C. The molecular formula is C22H24BrNO6. The Morgan fingerprint density at radius 1 is 1.33 bits per heavy atom. The smallest absolute Gasteiger partial charge is 0.341 e. The van der Waals surface area contributed by atoms with Crippen molar-refractivity contribution in [1.29, 1.82) is 0 Å². The standard InChI is InChI=1S/C22H24BrNO6/c1-22(2)20-15(11-30-22)12-8-19(29-6-4-5-28-3)16(23)7-13(12)17-9-18(25)14(21(26)27)10-24(17)20/h7-10,15,20H,4-6,11H2,1-3H3,(H,26,27)/t15-,20+/m1/s1. The zero-order valence-electron chi connectivity index (χ0n) is 17.1. The van der Waals surface area contributed by atoms with Gasteiger partial charge in [0, 0.05) is 43.9 Å². The van der Waals surface area contributed by atoms with Crippen LogP contribution in [0.15, 0.2) is 33.7 Å². The van der Waals surface area contributed by atoms with Crippen LogP contribution < -0.4 is 10.2 Å². The Morgan fingerprint density at radius 3 is 2.80 bits per heavy atom. The highest BCUT2D eigenvalue weighted by molar-refractivity contribution is 9.10. The second kappa shape index (κ2) is 7.83. The first kappa shape index (κ1) is 21.1. The summed E-state index contributed by atoms with van der Waals surface area (Å²) in [7, 11) is 1.66. The molecule has 8 heteroatoms. The third kappa shape index (κ3) is 3.46. The predicted octanol–water partition coefficient (Wildman–Crippen LogP) is 3.84. The first-order chi connectivity index (χ1) is 14.2. The van der Waals surface area contributed by atoms with Crippen molar-refractivity contribution in [2.45, 2.75) is 37.8 Å². The second-order valence-corrected chi connectivity index (χ2v) is 9.03. The molecule has 30 heavy (non-hydrogen) atoms. The molecule has 2 aliphatic rings. The number of nitrogens with zero attached hydrogens (tertiary/aromatic N) is 1. The van der Waals surface area contributed by atoms with E-state index in [-0.39, 0.29) is 17.5 Å². The minimum absolute atomic E-state index is 0.0149. The van der Waals surface area contributed by atoms with E-state index in [9.17, 15) is 14.7 Å². The van der Waals surface area contributed by atoms with Crippen molar-refractivity contribution in [3.8, 4) is 17.0 Å². The van der Waals surface area contributed by atoms with Crippen LogP contribution in [0.2, 0.25) is 0 Å². The molecule has 7 nitrogen and oxygen atoms in total. The van der Waals surface area contributed by atoms with E-state index in [0.29, 0.717) is 25.5 Å². The average molecular weight is 478 g/mol. The summed E-state index contributed by atoms with van der Waals surface area (Å²) < 4.78 is 19.8. The molecule has 0 saturated carbocycles. The van der Waals surface area contributed by atoms with Crippen molar-refractivity contribution < 1.29 is 24.1 Å². The molecule has 1 aromatic heterocycles. The highest BCUT2D eigenvalue weighted by Gasteiger charge is 2.49. The Kier molecular flexibility index (Phi) is 5.50. The molecule has 0 bridgehead atoms. The number of methoxy groups -OCH3 is 1. The number of aromatic carboxylic acids is 1. The van der Waals surface area contributed by atoms with Gasteiger partial charge in [-0.05, 0) is 47.5 Å². The van der Waals surface area contributed by atoms with Gasteiger partial charge in [0.25, 0.3) is 0 Å². The van der Waals surface area contributed by atoms with Crippen molar-refractivity contribution in [3.05, 3.63) is 50.2 Å². The van der Waals surface area contributed by atoms with Crippen LogP contribution in [0.5, 0.6) is 5.75 Å². The number of carboxylic acids is 1. The van der Waals surface area contributed by atoms with Gasteiger partial charge < -0.3 is 23.9 Å². The molecule has 1 N–H and O–H groups in total. The van der Waals surface area contributed by atoms with Gasteiger partial charge in [-0.2, -0.15) is 0 Å². The molecule has 1 saturated heterocycles. The number of aromatic nitrogens is 1. The van der Waals surface area contributed by atoms with E-state index in [1.807, 2.05) is 30.5 Å². The van der Waals surface area contributed by atoms with Crippen molar-refractivity contribution >= 4 is 21.9 Å². The maximum absolute atomic E-state index is 12.5. The molecule has 0 unspecified atom stereocenters. The quantitative estimate of drug-likeness (QED) is 0.635. The van der Waals surface area contributed by atoms with Crippen LogP contribution in [-0.4, -0.2) is 48.2 Å².